The summed E-state index contributed by atoms with van der Waals surface area (Å²) in [4.78, 5) is 21.3. The molecule has 7 nitrogen and oxygen atoms in total. The molecule has 0 atom stereocenters. The van der Waals surface area contributed by atoms with Gasteiger partial charge in [0.15, 0.2) is 5.82 Å². The average Bonchev–Trinajstić information content (AvgIpc) is 3.31. The van der Waals surface area contributed by atoms with Gasteiger partial charge in [-0.2, -0.15) is 18.3 Å². The summed E-state index contributed by atoms with van der Waals surface area (Å²) in [5, 5.41) is 8.08. The molecule has 4 aromatic heterocycles. The van der Waals surface area contributed by atoms with Gasteiger partial charge in [0.05, 0.1) is 23.5 Å². The van der Waals surface area contributed by atoms with Gasteiger partial charge in [0.1, 0.15) is 17.9 Å². The zero-order valence-corrected chi connectivity index (χ0v) is 21.2. The highest BCUT2D eigenvalue weighted by atomic mass is 19.4. The van der Waals surface area contributed by atoms with Crippen molar-refractivity contribution in [3.05, 3.63) is 105 Å². The summed E-state index contributed by atoms with van der Waals surface area (Å²) in [5.74, 6) is -1.00. The van der Waals surface area contributed by atoms with Crippen LogP contribution in [0.3, 0.4) is 0 Å². The average molecular weight is 538 g/mol. The second-order valence-electron chi connectivity index (χ2n) is 9.23. The second kappa shape index (κ2) is 9.97. The van der Waals surface area contributed by atoms with Gasteiger partial charge in [0.2, 0.25) is 0 Å². The minimum atomic E-state index is -4.81. The lowest BCUT2D eigenvalue weighted by atomic mass is 10.0. The maximum Gasteiger partial charge on any atom is 0.417 e. The van der Waals surface area contributed by atoms with Crippen LogP contribution in [0.4, 0.5) is 17.6 Å². The number of pyridine rings is 3. The van der Waals surface area contributed by atoms with Crippen molar-refractivity contribution < 1.29 is 22.3 Å². The first kappa shape index (κ1) is 26.1. The summed E-state index contributed by atoms with van der Waals surface area (Å²) < 4.78 is 60.6. The van der Waals surface area contributed by atoms with Crippen LogP contribution in [0.25, 0.3) is 22.2 Å². The molecule has 0 aliphatic carbocycles. The van der Waals surface area contributed by atoms with E-state index in [-0.39, 0.29) is 24.9 Å². The Hall–Kier alpha value is -4.54. The van der Waals surface area contributed by atoms with E-state index >= 15 is 0 Å². The van der Waals surface area contributed by atoms with Crippen molar-refractivity contribution in [2.24, 2.45) is 0 Å². The standard InChI is InChI=1S/C28H23F4N5O2/c1-15-7-8-33-23(13-37-12-18(28(30,31)32)10-22(29)27(37)38)21(15)14-39-24-6-4-5-19-20(9-17(3)35-26(19)24)25-16(2)11-34-36-25/h4-12H,13-14H2,1-3H3,(H,34,36). The predicted molar refractivity (Wildman–Crippen MR) is 137 cm³/mol. The van der Waals surface area contributed by atoms with Gasteiger partial charge in [-0.25, -0.2) is 9.37 Å². The zero-order chi connectivity index (χ0) is 27.9. The van der Waals surface area contributed by atoms with Crippen LogP contribution < -0.4 is 10.3 Å². The molecule has 0 fully saturated rings. The molecule has 1 N–H and O–H groups in total. The van der Waals surface area contributed by atoms with E-state index in [0.717, 1.165) is 33.5 Å². The van der Waals surface area contributed by atoms with Gasteiger partial charge in [-0.15, -0.1) is 0 Å². The number of aromatic nitrogens is 5. The molecule has 0 aliphatic heterocycles. The van der Waals surface area contributed by atoms with Crippen LogP contribution >= 0.6 is 0 Å². The van der Waals surface area contributed by atoms with Crippen molar-refractivity contribution in [2.45, 2.75) is 40.1 Å². The normalized spacial score (nSPS) is 11.8. The number of nitrogens with one attached hydrogen (secondary N) is 1. The molecule has 5 aromatic rings. The van der Waals surface area contributed by atoms with Gasteiger partial charge in [-0.3, -0.25) is 14.9 Å². The van der Waals surface area contributed by atoms with E-state index in [1.165, 1.54) is 6.20 Å². The molecule has 0 aliphatic rings. The molecular weight excluding hydrogens is 514 g/mol. The summed E-state index contributed by atoms with van der Waals surface area (Å²) in [5.41, 5.74) is 3.22. The number of aryl methyl sites for hydroxylation is 3. The third-order valence-electron chi connectivity index (χ3n) is 6.46. The SMILES string of the molecule is Cc1cc(-c2n[nH]cc2C)c2cccc(OCc3c(C)ccnc3Cn3cc(C(F)(F)F)cc(F)c3=O)c2n1. The quantitative estimate of drug-likeness (QED) is 0.273. The highest BCUT2D eigenvalue weighted by molar-refractivity contribution is 5.97. The van der Waals surface area contributed by atoms with E-state index in [4.69, 9.17) is 4.74 Å². The summed E-state index contributed by atoms with van der Waals surface area (Å²) in [6, 6.07) is 9.40. The first-order chi connectivity index (χ1) is 18.5. The number of ether oxygens (including phenoxy) is 1. The van der Waals surface area contributed by atoms with Crippen molar-refractivity contribution in [3.63, 3.8) is 0 Å². The van der Waals surface area contributed by atoms with Gasteiger partial charge in [-0.1, -0.05) is 12.1 Å². The number of hydrogen-bond donors (Lipinski definition) is 1. The van der Waals surface area contributed by atoms with Crippen molar-refractivity contribution in [1.29, 1.82) is 0 Å². The molecule has 0 spiro atoms. The lowest BCUT2D eigenvalue weighted by Crippen LogP contribution is -2.26. The fourth-order valence-electron chi connectivity index (χ4n) is 4.45. The van der Waals surface area contributed by atoms with E-state index in [9.17, 15) is 22.4 Å². The number of aromatic amines is 1. The molecule has 11 heteroatoms. The number of alkyl halides is 3. The Morgan fingerprint density at radius 2 is 1.87 bits per heavy atom. The van der Waals surface area contributed by atoms with Crippen molar-refractivity contribution >= 4 is 10.9 Å². The summed E-state index contributed by atoms with van der Waals surface area (Å²) >= 11 is 0. The minimum Gasteiger partial charge on any atom is -0.487 e. The molecule has 0 amide bonds. The van der Waals surface area contributed by atoms with Gasteiger partial charge in [0.25, 0.3) is 5.56 Å². The van der Waals surface area contributed by atoms with Crippen molar-refractivity contribution in [1.82, 2.24) is 24.7 Å². The predicted octanol–water partition coefficient (Wildman–Crippen LogP) is 5.89. The maximum absolute atomic E-state index is 14.1. The molecule has 0 saturated carbocycles. The number of fused-ring (bicyclic) bond motifs is 1. The number of nitrogens with zero attached hydrogens (tertiary/aromatic N) is 4. The van der Waals surface area contributed by atoms with E-state index in [1.54, 1.807) is 19.1 Å². The number of hydrogen-bond acceptors (Lipinski definition) is 5. The summed E-state index contributed by atoms with van der Waals surface area (Å²) in [6.45, 7) is 5.25. The third-order valence-corrected chi connectivity index (χ3v) is 6.46. The minimum absolute atomic E-state index is 0.00327. The lowest BCUT2D eigenvalue weighted by Gasteiger charge is -2.16. The highest BCUT2D eigenvalue weighted by Gasteiger charge is 2.32. The molecule has 0 unspecified atom stereocenters. The lowest BCUT2D eigenvalue weighted by molar-refractivity contribution is -0.138. The van der Waals surface area contributed by atoms with Crippen molar-refractivity contribution in [2.75, 3.05) is 0 Å². The van der Waals surface area contributed by atoms with Crippen LogP contribution in [0, 0.1) is 26.6 Å². The molecule has 4 heterocycles. The summed E-state index contributed by atoms with van der Waals surface area (Å²) in [6.07, 6.45) is -0.929. The Labute approximate surface area is 220 Å². The second-order valence-corrected chi connectivity index (χ2v) is 9.23. The molecule has 0 saturated heterocycles. The molecule has 0 radical (unpaired) electrons. The Balaban J connectivity index is 1.51. The fraction of sp³-hybridized carbons (Fsp3) is 0.214. The molecule has 5 rings (SSSR count). The van der Waals surface area contributed by atoms with Crippen LogP contribution in [-0.4, -0.2) is 24.7 Å². The van der Waals surface area contributed by atoms with Crippen LogP contribution in [0.15, 0.2) is 59.8 Å². The topological polar surface area (TPSA) is 85.7 Å². The number of rotatable bonds is 6. The number of para-hydroxylation sites is 1. The molecule has 0 bridgehead atoms. The number of halogens is 4. The molecular formula is C28H23F4N5O2. The van der Waals surface area contributed by atoms with Gasteiger partial charge in [-0.05, 0) is 56.2 Å². The number of H-pyrrole nitrogens is 1. The Bertz CT molecular complexity index is 1760. The van der Waals surface area contributed by atoms with Gasteiger partial charge < -0.3 is 9.30 Å². The largest absolute Gasteiger partial charge is 0.487 e. The van der Waals surface area contributed by atoms with E-state index in [2.05, 4.69) is 20.2 Å². The Morgan fingerprint density at radius 1 is 1.08 bits per heavy atom. The first-order valence-electron chi connectivity index (χ1n) is 12.0. The van der Waals surface area contributed by atoms with Crippen LogP contribution in [0.1, 0.15) is 33.6 Å². The van der Waals surface area contributed by atoms with E-state index < -0.39 is 23.1 Å². The summed E-state index contributed by atoms with van der Waals surface area (Å²) in [7, 11) is 0. The van der Waals surface area contributed by atoms with Crippen molar-refractivity contribution in [3.8, 4) is 17.0 Å². The Morgan fingerprint density at radius 3 is 2.59 bits per heavy atom. The van der Waals surface area contributed by atoms with E-state index in [0.29, 0.717) is 27.6 Å². The maximum atomic E-state index is 14.1. The number of benzene rings is 1. The first-order valence-corrected chi connectivity index (χ1v) is 12.0. The highest BCUT2D eigenvalue weighted by Crippen LogP contribution is 2.34. The van der Waals surface area contributed by atoms with Gasteiger partial charge in [0, 0.05) is 40.8 Å². The Kier molecular flexibility index (Phi) is 6.67. The fourth-order valence-corrected chi connectivity index (χ4v) is 4.45. The van der Waals surface area contributed by atoms with E-state index in [1.807, 2.05) is 38.2 Å². The van der Waals surface area contributed by atoms with Crippen LogP contribution in [0.5, 0.6) is 5.75 Å². The van der Waals surface area contributed by atoms with Crippen LogP contribution in [-0.2, 0) is 19.3 Å². The molecule has 200 valence electrons. The molecule has 39 heavy (non-hydrogen) atoms. The third kappa shape index (κ3) is 5.12. The zero-order valence-electron chi connectivity index (χ0n) is 21.2. The van der Waals surface area contributed by atoms with Crippen LogP contribution in [0.2, 0.25) is 0 Å². The monoisotopic (exact) mass is 537 g/mol. The smallest absolute Gasteiger partial charge is 0.417 e. The molecule has 1 aromatic carbocycles. The van der Waals surface area contributed by atoms with Gasteiger partial charge >= 0.3 is 6.18 Å².